The Labute approximate surface area is 122 Å². The number of methoxy groups -OCH3 is 2. The molecule has 0 aliphatic carbocycles. The van der Waals surface area contributed by atoms with E-state index in [0.29, 0.717) is 22.8 Å². The molecule has 0 amide bonds. The van der Waals surface area contributed by atoms with E-state index in [2.05, 4.69) is 0 Å². The van der Waals surface area contributed by atoms with Crippen LogP contribution in [0.5, 0.6) is 17.2 Å². The summed E-state index contributed by atoms with van der Waals surface area (Å²) < 4.78 is 15.6. The van der Waals surface area contributed by atoms with Crippen molar-refractivity contribution in [3.63, 3.8) is 0 Å². The first-order valence-corrected chi connectivity index (χ1v) is 6.13. The summed E-state index contributed by atoms with van der Waals surface area (Å²) in [5, 5.41) is 8.73. The van der Waals surface area contributed by atoms with Gasteiger partial charge in [-0.15, -0.1) is 0 Å². The second-order valence-corrected chi connectivity index (χ2v) is 4.06. The van der Waals surface area contributed by atoms with Gasteiger partial charge in [0.1, 0.15) is 22.8 Å². The van der Waals surface area contributed by atoms with Crippen molar-refractivity contribution in [3.8, 4) is 23.3 Å². The molecular weight excluding hydrogens is 270 g/mol. The summed E-state index contributed by atoms with van der Waals surface area (Å²) in [5.74, 6) is 0.488. The van der Waals surface area contributed by atoms with Crippen LogP contribution in [0.4, 0.5) is 0 Å². The Morgan fingerprint density at radius 1 is 1.00 bits per heavy atom. The maximum atomic E-state index is 12.3. The maximum absolute atomic E-state index is 12.3. The lowest BCUT2D eigenvalue weighted by Crippen LogP contribution is -2.11. The molecule has 2 aromatic rings. The molecule has 0 saturated carbocycles. The molecule has 0 unspecified atom stereocenters. The highest BCUT2D eigenvalue weighted by Gasteiger charge is 2.20. The zero-order valence-corrected chi connectivity index (χ0v) is 11.6. The topological polar surface area (TPSA) is 68.6 Å². The zero-order valence-electron chi connectivity index (χ0n) is 11.6. The van der Waals surface area contributed by atoms with Crippen molar-refractivity contribution in [2.45, 2.75) is 0 Å². The smallest absolute Gasteiger partial charge is 0.351 e. The van der Waals surface area contributed by atoms with Gasteiger partial charge in [-0.25, -0.2) is 4.79 Å². The van der Waals surface area contributed by atoms with Gasteiger partial charge < -0.3 is 14.2 Å². The Balaban J connectivity index is 2.29. The van der Waals surface area contributed by atoms with Gasteiger partial charge in [-0.3, -0.25) is 0 Å². The van der Waals surface area contributed by atoms with Crippen LogP contribution in [0.1, 0.15) is 15.9 Å². The molecule has 2 rings (SSSR count). The molecule has 0 saturated heterocycles. The van der Waals surface area contributed by atoms with Gasteiger partial charge in [0.05, 0.1) is 25.9 Å². The van der Waals surface area contributed by atoms with Crippen molar-refractivity contribution in [2.24, 2.45) is 0 Å². The highest BCUT2D eigenvalue weighted by Crippen LogP contribution is 2.29. The first kappa shape index (κ1) is 14.4. The minimum atomic E-state index is -0.589. The average molecular weight is 283 g/mol. The lowest BCUT2D eigenvalue weighted by Gasteiger charge is -2.12. The van der Waals surface area contributed by atoms with Crippen LogP contribution in [0.15, 0.2) is 42.5 Å². The van der Waals surface area contributed by atoms with E-state index in [4.69, 9.17) is 19.5 Å². The van der Waals surface area contributed by atoms with Crippen molar-refractivity contribution in [1.82, 2.24) is 0 Å². The Bertz CT molecular complexity index is 664. The molecule has 5 nitrogen and oxygen atoms in total. The predicted octanol–water partition coefficient (Wildman–Crippen LogP) is 2.79. The molecule has 0 aromatic heterocycles. The number of ether oxygens (including phenoxy) is 3. The third kappa shape index (κ3) is 3.12. The summed E-state index contributed by atoms with van der Waals surface area (Å²) in [4.78, 5) is 12.3. The lowest BCUT2D eigenvalue weighted by atomic mass is 10.1. The fraction of sp³-hybridized carbons (Fsp3) is 0.125. The van der Waals surface area contributed by atoms with E-state index in [1.54, 1.807) is 42.5 Å². The molecule has 0 atom stereocenters. The van der Waals surface area contributed by atoms with Crippen molar-refractivity contribution in [1.29, 1.82) is 5.26 Å². The van der Waals surface area contributed by atoms with Gasteiger partial charge in [-0.1, -0.05) is 6.07 Å². The van der Waals surface area contributed by atoms with Gasteiger partial charge >= 0.3 is 5.97 Å². The second kappa shape index (κ2) is 6.44. The Kier molecular flexibility index (Phi) is 4.42. The van der Waals surface area contributed by atoms with Crippen LogP contribution in [0.25, 0.3) is 0 Å². The standard InChI is InChI=1S/C16H13NO4/c1-19-13-4-3-5-14(20-2)15(13)16(18)21-12-8-6-11(10-17)7-9-12/h3-9H,1-2H3. The zero-order chi connectivity index (χ0) is 15.2. The maximum Gasteiger partial charge on any atom is 0.351 e. The number of carbonyl (C=O) groups excluding carboxylic acids is 1. The normalized spacial score (nSPS) is 9.57. The average Bonchev–Trinajstić information content (AvgIpc) is 2.54. The molecule has 0 aliphatic heterocycles. The van der Waals surface area contributed by atoms with Crippen LogP contribution in [0, 0.1) is 11.3 Å². The van der Waals surface area contributed by atoms with Crippen LogP contribution in [-0.2, 0) is 0 Å². The molecule has 0 heterocycles. The van der Waals surface area contributed by atoms with E-state index in [0.717, 1.165) is 0 Å². The number of hydrogen-bond acceptors (Lipinski definition) is 5. The molecule has 21 heavy (non-hydrogen) atoms. The molecule has 0 spiro atoms. The fourth-order valence-corrected chi connectivity index (χ4v) is 1.81. The van der Waals surface area contributed by atoms with Crippen LogP contribution < -0.4 is 14.2 Å². The second-order valence-electron chi connectivity index (χ2n) is 4.06. The summed E-state index contributed by atoms with van der Waals surface area (Å²) >= 11 is 0. The van der Waals surface area contributed by atoms with Crippen molar-refractivity contribution < 1.29 is 19.0 Å². The SMILES string of the molecule is COc1cccc(OC)c1C(=O)Oc1ccc(C#N)cc1. The minimum absolute atomic E-state index is 0.215. The van der Waals surface area contributed by atoms with Crippen LogP contribution in [0.2, 0.25) is 0 Å². The molecule has 0 fully saturated rings. The molecule has 2 aromatic carbocycles. The van der Waals surface area contributed by atoms with Crippen molar-refractivity contribution in [2.75, 3.05) is 14.2 Å². The first-order valence-electron chi connectivity index (χ1n) is 6.13. The summed E-state index contributed by atoms with van der Waals surface area (Å²) in [7, 11) is 2.93. The fourth-order valence-electron chi connectivity index (χ4n) is 1.81. The monoisotopic (exact) mass is 283 g/mol. The first-order chi connectivity index (χ1) is 10.2. The third-order valence-corrected chi connectivity index (χ3v) is 2.83. The van der Waals surface area contributed by atoms with E-state index in [1.165, 1.54) is 14.2 Å². The summed E-state index contributed by atoms with van der Waals surface area (Å²) in [5.41, 5.74) is 0.705. The number of esters is 1. The number of nitriles is 1. The molecule has 106 valence electrons. The lowest BCUT2D eigenvalue weighted by molar-refractivity contribution is 0.0727. The summed E-state index contributed by atoms with van der Waals surface area (Å²) in [6, 6.07) is 13.3. The molecule has 0 bridgehead atoms. The van der Waals surface area contributed by atoms with Gasteiger partial charge in [0.2, 0.25) is 0 Å². The summed E-state index contributed by atoms with van der Waals surface area (Å²) in [6.45, 7) is 0. The number of rotatable bonds is 4. The Hall–Kier alpha value is -3.00. The van der Waals surface area contributed by atoms with Gasteiger partial charge in [0.15, 0.2) is 0 Å². The van der Waals surface area contributed by atoms with E-state index < -0.39 is 5.97 Å². The molecular formula is C16H13NO4. The van der Waals surface area contributed by atoms with E-state index in [-0.39, 0.29) is 5.56 Å². The molecule has 0 N–H and O–H groups in total. The molecule has 0 radical (unpaired) electrons. The number of carbonyl (C=O) groups is 1. The molecule has 5 heteroatoms. The summed E-state index contributed by atoms with van der Waals surface area (Å²) in [6.07, 6.45) is 0. The van der Waals surface area contributed by atoms with Crippen LogP contribution >= 0.6 is 0 Å². The van der Waals surface area contributed by atoms with Crippen molar-refractivity contribution in [3.05, 3.63) is 53.6 Å². The van der Waals surface area contributed by atoms with E-state index >= 15 is 0 Å². The quantitative estimate of drug-likeness (QED) is 0.637. The van der Waals surface area contributed by atoms with E-state index in [9.17, 15) is 4.79 Å². The number of benzene rings is 2. The third-order valence-electron chi connectivity index (χ3n) is 2.83. The Morgan fingerprint density at radius 3 is 2.05 bits per heavy atom. The molecule has 0 aliphatic rings. The van der Waals surface area contributed by atoms with Crippen LogP contribution in [-0.4, -0.2) is 20.2 Å². The number of nitrogens with zero attached hydrogens (tertiary/aromatic N) is 1. The van der Waals surface area contributed by atoms with Gasteiger partial charge in [0, 0.05) is 0 Å². The van der Waals surface area contributed by atoms with Crippen LogP contribution in [0.3, 0.4) is 0 Å². The van der Waals surface area contributed by atoms with Gasteiger partial charge in [-0.2, -0.15) is 5.26 Å². The highest BCUT2D eigenvalue weighted by molar-refractivity contribution is 5.97. The largest absolute Gasteiger partial charge is 0.496 e. The predicted molar refractivity (Wildman–Crippen MR) is 75.7 cm³/mol. The number of hydrogen-bond donors (Lipinski definition) is 0. The highest BCUT2D eigenvalue weighted by atomic mass is 16.5. The minimum Gasteiger partial charge on any atom is -0.496 e. The van der Waals surface area contributed by atoms with E-state index in [1.807, 2.05) is 6.07 Å². The van der Waals surface area contributed by atoms with Gasteiger partial charge in [0.25, 0.3) is 0 Å². The van der Waals surface area contributed by atoms with Crippen molar-refractivity contribution >= 4 is 5.97 Å². The van der Waals surface area contributed by atoms with Gasteiger partial charge in [-0.05, 0) is 36.4 Å². The Morgan fingerprint density at radius 2 is 1.57 bits per heavy atom.